The van der Waals surface area contributed by atoms with E-state index >= 15 is 0 Å². The highest BCUT2D eigenvalue weighted by Gasteiger charge is 2.33. The third kappa shape index (κ3) is 1.69. The minimum absolute atomic E-state index is 0.173. The lowest BCUT2D eigenvalue weighted by Gasteiger charge is -2.38. The molecule has 2 heterocycles. The van der Waals surface area contributed by atoms with Gasteiger partial charge in [-0.1, -0.05) is 12.7 Å². The fraction of sp³-hybridized carbons (Fsp3) is 0.308. The molecular formula is C13H17N3. The van der Waals surface area contributed by atoms with Crippen LogP contribution in [0.4, 0.5) is 0 Å². The average molecular weight is 215 g/mol. The molecule has 3 nitrogen and oxygen atoms in total. The summed E-state index contributed by atoms with van der Waals surface area (Å²) in [6.07, 6.45) is 9.66. The summed E-state index contributed by atoms with van der Waals surface area (Å²) in [6.45, 7) is 9.68. The van der Waals surface area contributed by atoms with Crippen molar-refractivity contribution >= 4 is 6.21 Å². The number of likely N-dealkylation sites (N-methyl/N-ethyl adjacent to an activating group) is 1. The van der Waals surface area contributed by atoms with Crippen LogP contribution in [0.2, 0.25) is 0 Å². The highest BCUT2D eigenvalue weighted by molar-refractivity contribution is 5.75. The Kier molecular flexibility index (Phi) is 2.69. The summed E-state index contributed by atoms with van der Waals surface area (Å²) >= 11 is 0. The molecule has 1 atom stereocenters. The fourth-order valence-corrected chi connectivity index (χ4v) is 1.90. The first kappa shape index (κ1) is 10.7. The average Bonchev–Trinajstić information content (AvgIpc) is 2.19. The summed E-state index contributed by atoms with van der Waals surface area (Å²) in [7, 11) is 2.04. The molecule has 84 valence electrons. The lowest BCUT2D eigenvalue weighted by atomic mass is 9.78. The van der Waals surface area contributed by atoms with Crippen molar-refractivity contribution in [2.45, 2.75) is 0 Å². The van der Waals surface area contributed by atoms with Crippen LogP contribution in [0.3, 0.4) is 0 Å². The molecule has 0 fully saturated rings. The molecule has 2 aliphatic rings. The van der Waals surface area contributed by atoms with Gasteiger partial charge < -0.3 is 10.2 Å². The Morgan fingerprint density at radius 3 is 2.94 bits per heavy atom. The molecule has 0 aromatic carbocycles. The Balaban J connectivity index is 2.37. The van der Waals surface area contributed by atoms with Crippen molar-refractivity contribution in [1.29, 1.82) is 0 Å². The van der Waals surface area contributed by atoms with E-state index in [2.05, 4.69) is 28.4 Å². The second kappa shape index (κ2) is 4.00. The fourth-order valence-electron chi connectivity index (χ4n) is 1.90. The third-order valence-electron chi connectivity index (χ3n) is 3.18. The van der Waals surface area contributed by atoms with Crippen LogP contribution in [0, 0.1) is 5.41 Å². The van der Waals surface area contributed by atoms with E-state index in [9.17, 15) is 0 Å². The van der Waals surface area contributed by atoms with Crippen molar-refractivity contribution in [1.82, 2.24) is 10.2 Å². The third-order valence-corrected chi connectivity index (χ3v) is 3.18. The van der Waals surface area contributed by atoms with Gasteiger partial charge in [0, 0.05) is 38.2 Å². The van der Waals surface area contributed by atoms with Gasteiger partial charge >= 0.3 is 0 Å². The summed E-state index contributed by atoms with van der Waals surface area (Å²) in [5, 5.41) is 3.15. The molecule has 0 spiro atoms. The lowest BCUT2D eigenvalue weighted by Crippen LogP contribution is -2.43. The number of rotatable bonds is 2. The van der Waals surface area contributed by atoms with Gasteiger partial charge in [-0.3, -0.25) is 4.99 Å². The van der Waals surface area contributed by atoms with Crippen molar-refractivity contribution in [3.05, 3.63) is 49.0 Å². The van der Waals surface area contributed by atoms with E-state index in [4.69, 9.17) is 0 Å². The molecule has 0 unspecified atom stereocenters. The van der Waals surface area contributed by atoms with Gasteiger partial charge in [0.2, 0.25) is 0 Å². The van der Waals surface area contributed by atoms with E-state index in [0.717, 1.165) is 18.8 Å². The van der Waals surface area contributed by atoms with E-state index in [-0.39, 0.29) is 5.41 Å². The van der Waals surface area contributed by atoms with Crippen LogP contribution in [0.15, 0.2) is 54.0 Å². The molecule has 0 radical (unpaired) electrons. The SMILES string of the molecule is C=C[C@]1(C2=CNC2)/C=N\C=C/C(=C)N(C)C1. The zero-order valence-corrected chi connectivity index (χ0v) is 9.61. The first-order chi connectivity index (χ1) is 7.68. The zero-order chi connectivity index (χ0) is 11.6. The van der Waals surface area contributed by atoms with Crippen molar-refractivity contribution in [2.75, 3.05) is 20.1 Å². The monoisotopic (exact) mass is 215 g/mol. The molecule has 2 aliphatic heterocycles. The predicted octanol–water partition coefficient (Wildman–Crippen LogP) is 1.69. The largest absolute Gasteiger partial charge is 0.387 e. The Morgan fingerprint density at radius 1 is 1.62 bits per heavy atom. The predicted molar refractivity (Wildman–Crippen MR) is 68.1 cm³/mol. The van der Waals surface area contributed by atoms with Gasteiger partial charge in [0.1, 0.15) is 0 Å². The van der Waals surface area contributed by atoms with E-state index in [1.54, 1.807) is 6.20 Å². The Morgan fingerprint density at radius 2 is 2.38 bits per heavy atom. The summed E-state index contributed by atoms with van der Waals surface area (Å²) in [4.78, 5) is 6.44. The van der Waals surface area contributed by atoms with Gasteiger partial charge in [0.15, 0.2) is 0 Å². The Bertz CT molecular complexity index is 403. The van der Waals surface area contributed by atoms with Gasteiger partial charge in [0.05, 0.1) is 5.41 Å². The maximum absolute atomic E-state index is 4.31. The molecule has 0 aromatic rings. The highest BCUT2D eigenvalue weighted by atomic mass is 15.1. The van der Waals surface area contributed by atoms with Gasteiger partial charge in [-0.05, 0) is 17.8 Å². The van der Waals surface area contributed by atoms with Gasteiger partial charge in [-0.15, -0.1) is 6.58 Å². The minimum Gasteiger partial charge on any atom is -0.387 e. The molecular weight excluding hydrogens is 198 g/mol. The molecule has 0 amide bonds. The maximum Gasteiger partial charge on any atom is 0.0651 e. The molecule has 2 rings (SSSR count). The number of hydrogen-bond donors (Lipinski definition) is 1. The van der Waals surface area contributed by atoms with Crippen LogP contribution in [0.1, 0.15) is 0 Å². The zero-order valence-electron chi connectivity index (χ0n) is 9.61. The van der Waals surface area contributed by atoms with Crippen molar-refractivity contribution in [3.63, 3.8) is 0 Å². The first-order valence-corrected chi connectivity index (χ1v) is 5.35. The standard InChI is InChI=1S/C13H17N3/c1-4-13(12-7-15-8-12)9-14-6-5-11(2)16(3)10-13/h4-7,9,15H,1-2,8,10H2,3H3/b6-5-,14-9-/t13-/m0/s1. The summed E-state index contributed by atoms with van der Waals surface area (Å²) in [5.74, 6) is 0. The smallest absolute Gasteiger partial charge is 0.0651 e. The van der Waals surface area contributed by atoms with Crippen LogP contribution < -0.4 is 5.32 Å². The molecule has 0 bridgehead atoms. The second-order valence-electron chi connectivity index (χ2n) is 4.24. The second-order valence-corrected chi connectivity index (χ2v) is 4.24. The van der Waals surface area contributed by atoms with Gasteiger partial charge in [-0.2, -0.15) is 0 Å². The van der Waals surface area contributed by atoms with E-state index in [1.165, 1.54) is 5.57 Å². The molecule has 1 N–H and O–H groups in total. The van der Waals surface area contributed by atoms with Crippen LogP contribution in [0.25, 0.3) is 0 Å². The topological polar surface area (TPSA) is 27.6 Å². The number of nitrogens with zero attached hydrogens (tertiary/aromatic N) is 2. The van der Waals surface area contributed by atoms with Crippen molar-refractivity contribution < 1.29 is 0 Å². The van der Waals surface area contributed by atoms with Crippen LogP contribution in [-0.2, 0) is 0 Å². The Hall–Kier alpha value is -1.77. The van der Waals surface area contributed by atoms with E-state index in [1.807, 2.05) is 31.6 Å². The number of nitrogens with one attached hydrogen (secondary N) is 1. The molecule has 0 saturated carbocycles. The van der Waals surface area contributed by atoms with Crippen molar-refractivity contribution in [3.8, 4) is 0 Å². The number of hydrogen-bond acceptors (Lipinski definition) is 3. The van der Waals surface area contributed by atoms with Crippen molar-refractivity contribution in [2.24, 2.45) is 10.4 Å². The normalized spacial score (nSPS) is 32.7. The summed E-state index contributed by atoms with van der Waals surface area (Å²) in [5.41, 5.74) is 2.12. The number of aliphatic imine (C=N–C) groups is 1. The molecule has 0 aliphatic carbocycles. The minimum atomic E-state index is -0.173. The molecule has 3 heteroatoms. The number of allylic oxidation sites excluding steroid dienone is 1. The summed E-state index contributed by atoms with van der Waals surface area (Å²) in [6, 6.07) is 0. The van der Waals surface area contributed by atoms with Crippen LogP contribution in [0.5, 0.6) is 0 Å². The maximum atomic E-state index is 4.31. The van der Waals surface area contributed by atoms with E-state index in [0.29, 0.717) is 0 Å². The van der Waals surface area contributed by atoms with Gasteiger partial charge in [-0.25, -0.2) is 0 Å². The van der Waals surface area contributed by atoms with Crippen LogP contribution in [-0.4, -0.2) is 31.3 Å². The summed E-state index contributed by atoms with van der Waals surface area (Å²) < 4.78 is 0. The van der Waals surface area contributed by atoms with E-state index < -0.39 is 0 Å². The van der Waals surface area contributed by atoms with Gasteiger partial charge in [0.25, 0.3) is 0 Å². The highest BCUT2D eigenvalue weighted by Crippen LogP contribution is 2.31. The Labute approximate surface area is 96.6 Å². The van der Waals surface area contributed by atoms with Crippen LogP contribution >= 0.6 is 0 Å². The lowest BCUT2D eigenvalue weighted by molar-refractivity contribution is 0.357. The quantitative estimate of drug-likeness (QED) is 0.710. The molecule has 16 heavy (non-hydrogen) atoms. The first-order valence-electron chi connectivity index (χ1n) is 5.35. The molecule has 0 saturated heterocycles. The molecule has 0 aromatic heterocycles.